The van der Waals surface area contributed by atoms with Gasteiger partial charge >= 0.3 is 5.97 Å². The van der Waals surface area contributed by atoms with Crippen LogP contribution in [0.1, 0.15) is 21.5 Å². The number of carbonyl (C=O) groups excluding carboxylic acids is 1. The van der Waals surface area contributed by atoms with Crippen molar-refractivity contribution in [3.8, 4) is 5.75 Å². The van der Waals surface area contributed by atoms with Crippen LogP contribution in [0.3, 0.4) is 0 Å². The van der Waals surface area contributed by atoms with E-state index in [2.05, 4.69) is 4.99 Å². The van der Waals surface area contributed by atoms with Gasteiger partial charge in [-0.2, -0.15) is 0 Å². The minimum Gasteiger partial charge on any atom is -0.488 e. The molecule has 33 heavy (non-hydrogen) atoms. The van der Waals surface area contributed by atoms with Crippen LogP contribution in [0.15, 0.2) is 82.7 Å². The lowest BCUT2D eigenvalue weighted by Crippen LogP contribution is -2.23. The van der Waals surface area contributed by atoms with Crippen molar-refractivity contribution in [3.05, 3.63) is 99.4 Å². The van der Waals surface area contributed by atoms with E-state index in [1.807, 2.05) is 48.5 Å². The molecule has 0 atom stereocenters. The molecule has 0 spiro atoms. The zero-order valence-corrected chi connectivity index (χ0v) is 19.1. The van der Waals surface area contributed by atoms with Crippen molar-refractivity contribution in [2.24, 2.45) is 4.99 Å². The first-order chi connectivity index (χ1) is 15.9. The number of halogens is 1. The molecule has 3 aromatic rings. The Labute approximate surface area is 200 Å². The number of amidine groups is 1. The molecule has 1 fully saturated rings. The molecule has 0 unspecified atom stereocenters. The van der Waals surface area contributed by atoms with Crippen LogP contribution >= 0.6 is 23.4 Å². The van der Waals surface area contributed by atoms with E-state index in [0.717, 1.165) is 11.1 Å². The van der Waals surface area contributed by atoms with Gasteiger partial charge in [-0.3, -0.25) is 9.69 Å². The van der Waals surface area contributed by atoms with E-state index in [4.69, 9.17) is 21.4 Å². The maximum atomic E-state index is 12.8. The number of hydrogen-bond donors (Lipinski definition) is 1. The number of benzene rings is 3. The fourth-order valence-corrected chi connectivity index (χ4v) is 4.25. The van der Waals surface area contributed by atoms with Gasteiger partial charge in [-0.15, -0.1) is 0 Å². The third-order valence-corrected chi connectivity index (χ3v) is 6.32. The quantitative estimate of drug-likeness (QED) is 0.449. The summed E-state index contributed by atoms with van der Waals surface area (Å²) in [6, 6.07) is 21.1. The number of rotatable bonds is 6. The molecule has 6 nitrogen and oxygen atoms in total. The van der Waals surface area contributed by atoms with Crippen molar-refractivity contribution in [3.63, 3.8) is 0 Å². The number of amides is 1. The Kier molecular flexibility index (Phi) is 6.82. The van der Waals surface area contributed by atoms with Crippen LogP contribution < -0.4 is 4.74 Å². The topological polar surface area (TPSA) is 79.2 Å². The molecule has 0 radical (unpaired) electrons. The Morgan fingerprint density at radius 3 is 2.52 bits per heavy atom. The molecular weight excluding hydrogens is 460 g/mol. The van der Waals surface area contributed by atoms with Crippen LogP contribution in [0.5, 0.6) is 5.75 Å². The molecule has 0 aromatic heterocycles. The van der Waals surface area contributed by atoms with Gasteiger partial charge in [-0.05, 0) is 54.2 Å². The van der Waals surface area contributed by atoms with Gasteiger partial charge in [0.1, 0.15) is 12.4 Å². The zero-order valence-electron chi connectivity index (χ0n) is 17.6. The molecular formula is C25H19ClN2O4S. The van der Waals surface area contributed by atoms with Crippen molar-refractivity contribution in [1.29, 1.82) is 0 Å². The van der Waals surface area contributed by atoms with Gasteiger partial charge in [0.05, 0.1) is 16.2 Å². The van der Waals surface area contributed by atoms with Gasteiger partial charge in [-0.1, -0.05) is 48.0 Å². The van der Waals surface area contributed by atoms with Crippen LogP contribution in [0.2, 0.25) is 5.02 Å². The van der Waals surface area contributed by atoms with Gasteiger partial charge < -0.3 is 9.84 Å². The highest BCUT2D eigenvalue weighted by molar-refractivity contribution is 8.18. The number of hydrogen-bond acceptors (Lipinski definition) is 5. The highest BCUT2D eigenvalue weighted by atomic mass is 35.5. The third kappa shape index (κ3) is 5.27. The van der Waals surface area contributed by atoms with Gasteiger partial charge in [-0.25, -0.2) is 9.79 Å². The first-order valence-corrected chi connectivity index (χ1v) is 11.2. The standard InChI is InChI=1S/C25H19ClN2O4S/c1-28-23(29)22(33-25(28)27-19-12-10-16(11-13-19)24(30)31)14-17-6-3-5-9-21(17)32-15-18-7-2-4-8-20(18)26/h2-14H,15H2,1H3,(H,30,31)/b22-14-,27-25?. The molecule has 3 aromatic carbocycles. The number of carboxylic acids is 1. The minimum atomic E-state index is -1.00. The Bertz CT molecular complexity index is 1270. The SMILES string of the molecule is CN1C(=O)/C(=C/c2ccccc2OCc2ccccc2Cl)SC1=Nc1ccc(C(=O)O)cc1. The third-order valence-electron chi connectivity index (χ3n) is 4.89. The van der Waals surface area contributed by atoms with Crippen molar-refractivity contribution < 1.29 is 19.4 Å². The summed E-state index contributed by atoms with van der Waals surface area (Å²) in [5.74, 6) is -0.546. The number of aromatic carboxylic acids is 1. The highest BCUT2D eigenvalue weighted by Gasteiger charge is 2.30. The Hall–Kier alpha value is -3.55. The number of nitrogens with zero attached hydrogens (tertiary/aromatic N) is 2. The number of carboxylic acid groups (broad SMARTS) is 1. The van der Waals surface area contributed by atoms with E-state index in [9.17, 15) is 9.59 Å². The van der Waals surface area contributed by atoms with Crippen LogP contribution in [0, 0.1) is 0 Å². The maximum absolute atomic E-state index is 12.8. The van der Waals surface area contributed by atoms with Crippen molar-refractivity contribution in [2.75, 3.05) is 7.05 Å². The Morgan fingerprint density at radius 2 is 1.79 bits per heavy atom. The van der Waals surface area contributed by atoms with Gasteiger partial charge in [0.25, 0.3) is 5.91 Å². The number of likely N-dealkylation sites (N-methyl/N-ethyl adjacent to an activating group) is 1. The predicted molar refractivity (Wildman–Crippen MR) is 131 cm³/mol. The Morgan fingerprint density at radius 1 is 1.09 bits per heavy atom. The number of aliphatic imine (C=N–C) groups is 1. The normalized spacial score (nSPS) is 15.9. The summed E-state index contributed by atoms with van der Waals surface area (Å²) >= 11 is 7.47. The summed E-state index contributed by atoms with van der Waals surface area (Å²) in [7, 11) is 1.65. The lowest BCUT2D eigenvalue weighted by atomic mass is 10.1. The molecule has 1 heterocycles. The number of carbonyl (C=O) groups is 2. The van der Waals surface area contributed by atoms with E-state index in [1.165, 1.54) is 28.8 Å². The molecule has 1 aliphatic rings. The number of para-hydroxylation sites is 1. The average Bonchev–Trinajstić information content (AvgIpc) is 3.07. The first kappa shape index (κ1) is 22.6. The van der Waals surface area contributed by atoms with E-state index >= 15 is 0 Å². The fourth-order valence-electron chi connectivity index (χ4n) is 3.08. The van der Waals surface area contributed by atoms with E-state index in [1.54, 1.807) is 25.3 Å². The molecule has 1 saturated heterocycles. The molecule has 0 saturated carbocycles. The van der Waals surface area contributed by atoms with Crippen LogP contribution in [0.25, 0.3) is 6.08 Å². The van der Waals surface area contributed by atoms with Crippen LogP contribution in [0.4, 0.5) is 5.69 Å². The van der Waals surface area contributed by atoms with E-state index < -0.39 is 5.97 Å². The average molecular weight is 479 g/mol. The second kappa shape index (κ2) is 9.94. The monoisotopic (exact) mass is 478 g/mol. The Balaban J connectivity index is 1.55. The van der Waals surface area contributed by atoms with Crippen molar-refractivity contribution in [2.45, 2.75) is 6.61 Å². The summed E-state index contributed by atoms with van der Waals surface area (Å²) in [4.78, 5) is 30.3. The molecule has 4 rings (SSSR count). The summed E-state index contributed by atoms with van der Waals surface area (Å²) in [5, 5.41) is 10.2. The second-order valence-corrected chi connectivity index (χ2v) is 8.56. The van der Waals surface area contributed by atoms with Gasteiger partial charge in [0.2, 0.25) is 0 Å². The summed E-state index contributed by atoms with van der Waals surface area (Å²) in [6.07, 6.45) is 1.78. The van der Waals surface area contributed by atoms with E-state index in [0.29, 0.717) is 33.1 Å². The predicted octanol–water partition coefficient (Wildman–Crippen LogP) is 5.85. The van der Waals surface area contributed by atoms with E-state index in [-0.39, 0.29) is 11.5 Å². The maximum Gasteiger partial charge on any atom is 0.335 e. The van der Waals surface area contributed by atoms with Crippen molar-refractivity contribution >= 4 is 52.2 Å². The molecule has 0 bridgehead atoms. The lowest BCUT2D eigenvalue weighted by molar-refractivity contribution is -0.121. The first-order valence-electron chi connectivity index (χ1n) is 9.97. The van der Waals surface area contributed by atoms with Gasteiger partial charge in [0, 0.05) is 23.2 Å². The molecule has 0 aliphatic carbocycles. The minimum absolute atomic E-state index is 0.177. The molecule has 1 amide bonds. The van der Waals surface area contributed by atoms with Gasteiger partial charge in [0.15, 0.2) is 5.17 Å². The smallest absolute Gasteiger partial charge is 0.335 e. The molecule has 1 aliphatic heterocycles. The summed E-state index contributed by atoms with van der Waals surface area (Å²) < 4.78 is 5.99. The summed E-state index contributed by atoms with van der Waals surface area (Å²) in [6.45, 7) is 0.305. The second-order valence-electron chi connectivity index (χ2n) is 7.14. The molecule has 1 N–H and O–H groups in total. The van der Waals surface area contributed by atoms with Crippen molar-refractivity contribution in [1.82, 2.24) is 4.90 Å². The number of thioether (sulfide) groups is 1. The number of ether oxygens (including phenoxy) is 1. The highest BCUT2D eigenvalue weighted by Crippen LogP contribution is 2.35. The zero-order chi connectivity index (χ0) is 23.4. The summed E-state index contributed by atoms with van der Waals surface area (Å²) in [5.41, 5.74) is 2.38. The van der Waals surface area contributed by atoms with Crippen LogP contribution in [-0.4, -0.2) is 34.1 Å². The fraction of sp³-hybridized carbons (Fsp3) is 0.0800. The largest absolute Gasteiger partial charge is 0.488 e. The molecule has 166 valence electrons. The van der Waals surface area contributed by atoms with Crippen LogP contribution in [-0.2, 0) is 11.4 Å². The molecule has 8 heteroatoms. The lowest BCUT2D eigenvalue weighted by Gasteiger charge is -2.10.